The van der Waals surface area contributed by atoms with Gasteiger partial charge in [-0.2, -0.15) is 0 Å². The molecule has 7 heteroatoms. The standard InChI is InChI=1S/C18H24N4O2S/c1-12(2)15-6-4-5-13(3)18(15)22-17-9-16(19-11-20-17)21-14-7-8-25(23,24)10-14/h4-6,9,11-12,14H,7-8,10H2,1-3H3,(H2,19,20,21,22). The van der Waals surface area contributed by atoms with Crippen molar-refractivity contribution in [2.75, 3.05) is 22.1 Å². The van der Waals surface area contributed by atoms with Crippen LogP contribution in [0.5, 0.6) is 0 Å². The highest BCUT2D eigenvalue weighted by molar-refractivity contribution is 7.91. The van der Waals surface area contributed by atoms with Crippen LogP contribution in [0.1, 0.15) is 37.3 Å². The van der Waals surface area contributed by atoms with Gasteiger partial charge >= 0.3 is 0 Å². The molecule has 2 N–H and O–H groups in total. The molecule has 2 aromatic rings. The zero-order valence-electron chi connectivity index (χ0n) is 14.8. The Morgan fingerprint density at radius 1 is 1.20 bits per heavy atom. The number of benzene rings is 1. The summed E-state index contributed by atoms with van der Waals surface area (Å²) in [5, 5.41) is 6.60. The van der Waals surface area contributed by atoms with Crippen LogP contribution in [0.2, 0.25) is 0 Å². The third-order valence-corrected chi connectivity index (χ3v) is 6.20. The SMILES string of the molecule is Cc1cccc(C(C)C)c1Nc1cc(NC2CCS(=O)(=O)C2)ncn1. The van der Waals surface area contributed by atoms with Gasteiger partial charge in [-0.15, -0.1) is 0 Å². The summed E-state index contributed by atoms with van der Waals surface area (Å²) in [5.41, 5.74) is 3.45. The summed E-state index contributed by atoms with van der Waals surface area (Å²) >= 11 is 0. The second-order valence-corrected chi connectivity index (χ2v) is 9.08. The molecule has 1 saturated heterocycles. The number of sulfone groups is 1. The predicted molar refractivity (Wildman–Crippen MR) is 101 cm³/mol. The molecule has 0 amide bonds. The maximum Gasteiger partial charge on any atom is 0.152 e. The number of aromatic nitrogens is 2. The number of rotatable bonds is 5. The van der Waals surface area contributed by atoms with E-state index in [4.69, 9.17) is 0 Å². The molecule has 1 aromatic heterocycles. The van der Waals surface area contributed by atoms with Crippen molar-refractivity contribution in [3.05, 3.63) is 41.7 Å². The van der Waals surface area contributed by atoms with Crippen molar-refractivity contribution in [3.8, 4) is 0 Å². The van der Waals surface area contributed by atoms with Crippen molar-refractivity contribution in [3.63, 3.8) is 0 Å². The van der Waals surface area contributed by atoms with Crippen LogP contribution >= 0.6 is 0 Å². The Balaban J connectivity index is 1.79. The van der Waals surface area contributed by atoms with E-state index in [9.17, 15) is 8.42 Å². The summed E-state index contributed by atoms with van der Waals surface area (Å²) in [7, 11) is -2.92. The summed E-state index contributed by atoms with van der Waals surface area (Å²) in [6.45, 7) is 6.39. The Labute approximate surface area is 149 Å². The molecule has 3 rings (SSSR count). The summed E-state index contributed by atoms with van der Waals surface area (Å²) in [5.74, 6) is 2.12. The Bertz CT molecular complexity index is 865. The van der Waals surface area contributed by atoms with Gasteiger partial charge < -0.3 is 10.6 Å². The lowest BCUT2D eigenvalue weighted by atomic mass is 9.98. The van der Waals surface area contributed by atoms with Gasteiger partial charge in [-0.1, -0.05) is 32.0 Å². The first kappa shape index (κ1) is 17.7. The van der Waals surface area contributed by atoms with Crippen molar-refractivity contribution in [2.45, 2.75) is 39.2 Å². The van der Waals surface area contributed by atoms with Crippen molar-refractivity contribution in [1.29, 1.82) is 0 Å². The molecular weight excluding hydrogens is 336 g/mol. The summed E-state index contributed by atoms with van der Waals surface area (Å²) in [6.07, 6.45) is 2.10. The summed E-state index contributed by atoms with van der Waals surface area (Å²) in [4.78, 5) is 8.51. The molecule has 1 unspecified atom stereocenters. The van der Waals surface area contributed by atoms with Gasteiger partial charge in [-0.05, 0) is 30.4 Å². The fraction of sp³-hybridized carbons (Fsp3) is 0.444. The Morgan fingerprint density at radius 3 is 2.64 bits per heavy atom. The zero-order valence-corrected chi connectivity index (χ0v) is 15.6. The van der Waals surface area contributed by atoms with Gasteiger partial charge in [0.15, 0.2) is 9.84 Å². The lowest BCUT2D eigenvalue weighted by Crippen LogP contribution is -2.21. The molecule has 134 valence electrons. The average Bonchev–Trinajstić information content (AvgIpc) is 2.88. The molecule has 0 aliphatic carbocycles. The Hall–Kier alpha value is -2.15. The van der Waals surface area contributed by atoms with E-state index in [-0.39, 0.29) is 17.5 Å². The zero-order chi connectivity index (χ0) is 18.0. The van der Waals surface area contributed by atoms with Crippen molar-refractivity contribution in [1.82, 2.24) is 9.97 Å². The molecule has 0 saturated carbocycles. The van der Waals surface area contributed by atoms with Crippen molar-refractivity contribution in [2.24, 2.45) is 0 Å². The molecule has 0 radical (unpaired) electrons. The van der Waals surface area contributed by atoms with Gasteiger partial charge in [0.1, 0.15) is 18.0 Å². The van der Waals surface area contributed by atoms with Crippen LogP contribution in [0.25, 0.3) is 0 Å². The molecule has 1 fully saturated rings. The molecule has 1 aliphatic heterocycles. The van der Waals surface area contributed by atoms with E-state index in [0.29, 0.717) is 24.0 Å². The van der Waals surface area contributed by atoms with E-state index < -0.39 is 9.84 Å². The molecule has 1 aliphatic rings. The van der Waals surface area contributed by atoms with E-state index in [1.807, 2.05) is 6.07 Å². The first-order chi connectivity index (χ1) is 11.8. The lowest BCUT2D eigenvalue weighted by molar-refractivity contribution is 0.602. The van der Waals surface area contributed by atoms with E-state index >= 15 is 0 Å². The molecule has 1 aromatic carbocycles. The van der Waals surface area contributed by atoms with Gasteiger partial charge in [-0.25, -0.2) is 18.4 Å². The molecule has 0 spiro atoms. The third-order valence-electron chi connectivity index (χ3n) is 4.43. The van der Waals surface area contributed by atoms with Crippen molar-refractivity contribution < 1.29 is 8.42 Å². The Morgan fingerprint density at radius 2 is 1.96 bits per heavy atom. The molecule has 6 nitrogen and oxygen atoms in total. The van der Waals surface area contributed by atoms with Crippen LogP contribution < -0.4 is 10.6 Å². The first-order valence-electron chi connectivity index (χ1n) is 8.49. The fourth-order valence-corrected chi connectivity index (χ4v) is 4.77. The van der Waals surface area contributed by atoms with Gasteiger partial charge in [0.05, 0.1) is 11.5 Å². The van der Waals surface area contributed by atoms with Gasteiger partial charge in [0.25, 0.3) is 0 Å². The number of hydrogen-bond donors (Lipinski definition) is 2. The van der Waals surface area contributed by atoms with E-state index in [0.717, 1.165) is 11.3 Å². The minimum atomic E-state index is -2.92. The average molecular weight is 360 g/mol. The van der Waals surface area contributed by atoms with E-state index in [2.05, 4.69) is 59.6 Å². The molecule has 2 heterocycles. The predicted octanol–water partition coefficient (Wildman–Crippen LogP) is 3.25. The molecule has 0 bridgehead atoms. The number of nitrogens with zero attached hydrogens (tertiary/aromatic N) is 2. The monoisotopic (exact) mass is 360 g/mol. The largest absolute Gasteiger partial charge is 0.366 e. The summed E-state index contributed by atoms with van der Waals surface area (Å²) in [6, 6.07) is 7.98. The van der Waals surface area contributed by atoms with Crippen LogP contribution in [-0.4, -0.2) is 35.9 Å². The number of anilines is 3. The summed E-state index contributed by atoms with van der Waals surface area (Å²) < 4.78 is 23.2. The molecular formula is C18H24N4O2S. The van der Waals surface area contributed by atoms with Crippen LogP contribution in [-0.2, 0) is 9.84 Å². The minimum Gasteiger partial charge on any atom is -0.366 e. The quantitative estimate of drug-likeness (QED) is 0.851. The number of nitrogens with one attached hydrogen (secondary N) is 2. The topological polar surface area (TPSA) is 84.0 Å². The second-order valence-electron chi connectivity index (χ2n) is 6.85. The number of hydrogen-bond acceptors (Lipinski definition) is 6. The molecule has 1 atom stereocenters. The second kappa shape index (κ2) is 7.00. The fourth-order valence-electron chi connectivity index (χ4n) is 3.09. The van der Waals surface area contributed by atoms with E-state index in [1.165, 1.54) is 11.9 Å². The first-order valence-corrected chi connectivity index (χ1v) is 10.3. The smallest absolute Gasteiger partial charge is 0.152 e. The number of para-hydroxylation sites is 1. The van der Waals surface area contributed by atoms with Crippen LogP contribution in [0.4, 0.5) is 17.3 Å². The third kappa shape index (κ3) is 4.28. The van der Waals surface area contributed by atoms with Crippen LogP contribution in [0.3, 0.4) is 0 Å². The van der Waals surface area contributed by atoms with E-state index in [1.54, 1.807) is 0 Å². The van der Waals surface area contributed by atoms with Crippen LogP contribution in [0.15, 0.2) is 30.6 Å². The number of aryl methyl sites for hydroxylation is 1. The highest BCUT2D eigenvalue weighted by atomic mass is 32.2. The van der Waals surface area contributed by atoms with Gasteiger partial charge in [0, 0.05) is 17.8 Å². The Kier molecular flexibility index (Phi) is 4.94. The lowest BCUT2D eigenvalue weighted by Gasteiger charge is -2.17. The maximum atomic E-state index is 11.6. The van der Waals surface area contributed by atoms with Crippen LogP contribution in [0, 0.1) is 6.92 Å². The maximum absolute atomic E-state index is 11.6. The van der Waals surface area contributed by atoms with Gasteiger partial charge in [0.2, 0.25) is 0 Å². The highest BCUT2D eigenvalue weighted by Crippen LogP contribution is 2.30. The molecule has 25 heavy (non-hydrogen) atoms. The minimum absolute atomic E-state index is 0.0857. The normalized spacial score (nSPS) is 19.1. The highest BCUT2D eigenvalue weighted by Gasteiger charge is 2.27. The van der Waals surface area contributed by atoms with Crippen molar-refractivity contribution >= 4 is 27.2 Å². The van der Waals surface area contributed by atoms with Gasteiger partial charge in [-0.3, -0.25) is 0 Å².